The van der Waals surface area contributed by atoms with Crippen LogP contribution in [0.5, 0.6) is 0 Å². The summed E-state index contributed by atoms with van der Waals surface area (Å²) in [6.07, 6.45) is 3.60. The van der Waals surface area contributed by atoms with Gasteiger partial charge in [-0.15, -0.1) is 0 Å². The summed E-state index contributed by atoms with van der Waals surface area (Å²) in [6, 6.07) is 14.1. The van der Waals surface area contributed by atoms with Crippen molar-refractivity contribution >= 4 is 31.6 Å². The average Bonchev–Trinajstić information content (AvgIpc) is 3.14. The van der Waals surface area contributed by atoms with Crippen molar-refractivity contribution in [2.45, 2.75) is 9.79 Å². The standard InChI is InChI=1S/C16H12N2O2S/c19-21(20,13-3-1-11-5-7-17-15(11)9-13)14-4-2-12-6-8-18-16(12)10-14/h1-10,17-18H. The molecule has 0 unspecified atom stereocenters. The highest BCUT2D eigenvalue weighted by Crippen LogP contribution is 2.26. The Hall–Kier alpha value is -2.53. The van der Waals surface area contributed by atoms with E-state index in [9.17, 15) is 8.42 Å². The lowest BCUT2D eigenvalue weighted by Gasteiger charge is -2.05. The van der Waals surface area contributed by atoms with Crippen molar-refractivity contribution in [3.8, 4) is 0 Å². The van der Waals surface area contributed by atoms with Gasteiger partial charge in [-0.2, -0.15) is 0 Å². The normalized spacial score (nSPS) is 12.2. The van der Waals surface area contributed by atoms with Crippen molar-refractivity contribution in [2.24, 2.45) is 0 Å². The molecule has 0 bridgehead atoms. The lowest BCUT2D eigenvalue weighted by molar-refractivity contribution is 0.596. The van der Waals surface area contributed by atoms with Crippen molar-refractivity contribution in [3.05, 3.63) is 60.9 Å². The Labute approximate surface area is 121 Å². The molecule has 2 N–H and O–H groups in total. The molecule has 0 saturated carbocycles. The molecule has 0 aliphatic heterocycles. The van der Waals surface area contributed by atoms with Crippen molar-refractivity contribution in [2.75, 3.05) is 0 Å². The Morgan fingerprint density at radius 3 is 1.62 bits per heavy atom. The lowest BCUT2D eigenvalue weighted by atomic mass is 10.2. The minimum absolute atomic E-state index is 0.295. The SMILES string of the molecule is O=S(=O)(c1ccc2cc[nH]c2c1)c1ccc2cc[nH]c2c1. The van der Waals surface area contributed by atoms with Gasteiger partial charge in [-0.25, -0.2) is 8.42 Å². The molecule has 0 atom stereocenters. The molecule has 0 radical (unpaired) electrons. The Morgan fingerprint density at radius 2 is 1.14 bits per heavy atom. The molecule has 0 amide bonds. The van der Waals surface area contributed by atoms with E-state index in [0.29, 0.717) is 9.79 Å². The number of aromatic amines is 2. The van der Waals surface area contributed by atoms with E-state index < -0.39 is 9.84 Å². The summed E-state index contributed by atoms with van der Waals surface area (Å²) in [6.45, 7) is 0. The van der Waals surface area contributed by atoms with Crippen molar-refractivity contribution in [3.63, 3.8) is 0 Å². The number of aromatic nitrogens is 2. The van der Waals surface area contributed by atoms with E-state index in [1.54, 1.807) is 36.7 Å². The lowest BCUT2D eigenvalue weighted by Crippen LogP contribution is -2.01. The Balaban J connectivity index is 1.91. The number of hydrogen-bond acceptors (Lipinski definition) is 2. The average molecular weight is 296 g/mol. The van der Waals surface area contributed by atoms with Crippen LogP contribution in [0.15, 0.2) is 70.7 Å². The Kier molecular flexibility index (Phi) is 2.46. The highest BCUT2D eigenvalue weighted by atomic mass is 32.2. The van der Waals surface area contributed by atoms with Gasteiger partial charge in [0.25, 0.3) is 0 Å². The molecule has 104 valence electrons. The molecule has 4 aromatic rings. The first-order valence-corrected chi connectivity index (χ1v) is 8.02. The van der Waals surface area contributed by atoms with Crippen LogP contribution in [0.4, 0.5) is 0 Å². The highest BCUT2D eigenvalue weighted by molar-refractivity contribution is 7.91. The quantitative estimate of drug-likeness (QED) is 0.594. The topological polar surface area (TPSA) is 65.7 Å². The predicted octanol–water partition coefficient (Wildman–Crippen LogP) is 3.48. The van der Waals surface area contributed by atoms with Gasteiger partial charge < -0.3 is 9.97 Å². The van der Waals surface area contributed by atoms with Crippen LogP contribution in [-0.4, -0.2) is 18.4 Å². The van der Waals surface area contributed by atoms with Gasteiger partial charge >= 0.3 is 0 Å². The first-order valence-electron chi connectivity index (χ1n) is 6.54. The zero-order chi connectivity index (χ0) is 14.4. The molecule has 0 aliphatic carbocycles. The zero-order valence-corrected chi connectivity index (χ0v) is 11.8. The number of hydrogen-bond donors (Lipinski definition) is 2. The Bertz CT molecular complexity index is 978. The zero-order valence-electron chi connectivity index (χ0n) is 11.0. The van der Waals surface area contributed by atoms with Crippen LogP contribution < -0.4 is 0 Å². The fourth-order valence-corrected chi connectivity index (χ4v) is 3.84. The molecule has 0 saturated heterocycles. The van der Waals surface area contributed by atoms with E-state index in [1.165, 1.54) is 0 Å². The molecule has 2 aromatic carbocycles. The third-order valence-electron chi connectivity index (χ3n) is 3.67. The Morgan fingerprint density at radius 1 is 0.667 bits per heavy atom. The minimum Gasteiger partial charge on any atom is -0.361 e. The van der Waals surface area contributed by atoms with Gasteiger partial charge in [-0.1, -0.05) is 12.1 Å². The van der Waals surface area contributed by atoms with E-state index in [0.717, 1.165) is 21.8 Å². The number of fused-ring (bicyclic) bond motifs is 2. The van der Waals surface area contributed by atoms with Gasteiger partial charge in [0.2, 0.25) is 9.84 Å². The van der Waals surface area contributed by atoms with Gasteiger partial charge in [0, 0.05) is 23.4 Å². The molecular weight excluding hydrogens is 284 g/mol. The minimum atomic E-state index is -3.52. The molecule has 4 rings (SSSR count). The van der Waals surface area contributed by atoms with Crippen LogP contribution in [-0.2, 0) is 9.84 Å². The van der Waals surface area contributed by atoms with E-state index in [4.69, 9.17) is 0 Å². The number of sulfone groups is 1. The number of benzene rings is 2. The van der Waals surface area contributed by atoms with Crippen LogP contribution in [0.25, 0.3) is 21.8 Å². The fraction of sp³-hybridized carbons (Fsp3) is 0. The maximum Gasteiger partial charge on any atom is 0.206 e. The summed E-state index contributed by atoms with van der Waals surface area (Å²) in [7, 11) is -3.52. The van der Waals surface area contributed by atoms with Gasteiger partial charge in [-0.3, -0.25) is 0 Å². The summed E-state index contributed by atoms with van der Waals surface area (Å²) in [5.41, 5.74) is 1.63. The second-order valence-electron chi connectivity index (χ2n) is 4.96. The first kappa shape index (κ1) is 12.2. The van der Waals surface area contributed by atoms with Crippen LogP contribution in [0.3, 0.4) is 0 Å². The van der Waals surface area contributed by atoms with Crippen LogP contribution >= 0.6 is 0 Å². The monoisotopic (exact) mass is 296 g/mol. The van der Waals surface area contributed by atoms with Crippen LogP contribution in [0, 0.1) is 0 Å². The van der Waals surface area contributed by atoms with Gasteiger partial charge in [-0.05, 0) is 47.2 Å². The van der Waals surface area contributed by atoms with Gasteiger partial charge in [0.05, 0.1) is 9.79 Å². The van der Waals surface area contributed by atoms with Crippen LogP contribution in [0.2, 0.25) is 0 Å². The second kappa shape index (κ2) is 4.23. The van der Waals surface area contributed by atoms with E-state index in [1.807, 2.05) is 24.3 Å². The molecule has 0 fully saturated rings. The van der Waals surface area contributed by atoms with E-state index in [-0.39, 0.29) is 0 Å². The van der Waals surface area contributed by atoms with Crippen LogP contribution in [0.1, 0.15) is 0 Å². The van der Waals surface area contributed by atoms with Crippen molar-refractivity contribution in [1.29, 1.82) is 0 Å². The molecule has 0 aliphatic rings. The summed E-state index contributed by atoms with van der Waals surface area (Å²) in [4.78, 5) is 6.67. The predicted molar refractivity (Wildman–Crippen MR) is 82.0 cm³/mol. The highest BCUT2D eigenvalue weighted by Gasteiger charge is 2.18. The van der Waals surface area contributed by atoms with E-state index >= 15 is 0 Å². The second-order valence-corrected chi connectivity index (χ2v) is 6.91. The summed E-state index contributed by atoms with van der Waals surface area (Å²) < 4.78 is 25.5. The van der Waals surface area contributed by atoms with Crippen molar-refractivity contribution in [1.82, 2.24) is 9.97 Å². The first-order chi connectivity index (χ1) is 10.1. The number of nitrogens with one attached hydrogen (secondary N) is 2. The molecule has 5 heteroatoms. The molecule has 4 nitrogen and oxygen atoms in total. The smallest absolute Gasteiger partial charge is 0.206 e. The summed E-state index contributed by atoms with van der Waals surface area (Å²) in [5, 5.41) is 1.99. The molecule has 21 heavy (non-hydrogen) atoms. The van der Waals surface area contributed by atoms with Crippen molar-refractivity contribution < 1.29 is 8.42 Å². The fourth-order valence-electron chi connectivity index (χ4n) is 2.52. The van der Waals surface area contributed by atoms with Gasteiger partial charge in [0.15, 0.2) is 0 Å². The maximum absolute atomic E-state index is 12.7. The molecule has 2 heterocycles. The molecular formula is C16H12N2O2S. The third kappa shape index (κ3) is 1.86. The largest absolute Gasteiger partial charge is 0.361 e. The number of H-pyrrole nitrogens is 2. The van der Waals surface area contributed by atoms with E-state index in [2.05, 4.69) is 9.97 Å². The number of rotatable bonds is 2. The third-order valence-corrected chi connectivity index (χ3v) is 5.42. The summed E-state index contributed by atoms with van der Waals surface area (Å²) in [5.74, 6) is 0. The van der Waals surface area contributed by atoms with Gasteiger partial charge in [0.1, 0.15) is 0 Å². The molecule has 0 spiro atoms. The maximum atomic E-state index is 12.7. The summed E-state index contributed by atoms with van der Waals surface area (Å²) >= 11 is 0. The molecule has 2 aromatic heterocycles.